The van der Waals surface area contributed by atoms with Crippen LogP contribution in [0.3, 0.4) is 0 Å². The van der Waals surface area contributed by atoms with Gasteiger partial charge < -0.3 is 0 Å². The number of halogens is 1. The summed E-state index contributed by atoms with van der Waals surface area (Å²) < 4.78 is 0. The predicted molar refractivity (Wildman–Crippen MR) is 48.4 cm³/mol. The lowest BCUT2D eigenvalue weighted by atomic mass is 10.3. The Kier molecular flexibility index (Phi) is 8.53. The zero-order chi connectivity index (χ0) is 7.98. The highest BCUT2D eigenvalue weighted by molar-refractivity contribution is 5.91. The fraction of sp³-hybridized carbons (Fsp3) is 0.286. The van der Waals surface area contributed by atoms with Crippen LogP contribution in [-0.4, -0.2) is 12.5 Å². The summed E-state index contributed by atoms with van der Waals surface area (Å²) in [7, 11) is 0. The molecule has 0 saturated heterocycles. The minimum atomic E-state index is -0.193. The first kappa shape index (κ1) is 12.8. The number of nitrogens with one attached hydrogen (secondary N) is 2. The molecule has 0 radical (unpaired) electrons. The molecule has 0 aromatic carbocycles. The molecule has 64 valence electrons. The van der Waals surface area contributed by atoms with Crippen LogP contribution in [0.1, 0.15) is 6.92 Å². The Hall–Kier alpha value is -0.800. The Morgan fingerprint density at radius 3 is 2.55 bits per heavy atom. The monoisotopic (exact) mass is 176 g/mol. The summed E-state index contributed by atoms with van der Waals surface area (Å²) >= 11 is 0. The Morgan fingerprint density at radius 2 is 2.18 bits per heavy atom. The highest BCUT2D eigenvalue weighted by Gasteiger charge is 1.96. The molecule has 0 spiro atoms. The zero-order valence-electron chi connectivity index (χ0n) is 6.52. The molecule has 0 unspecified atom stereocenters. The number of hydrogen-bond donors (Lipinski definition) is 2. The van der Waals surface area contributed by atoms with Crippen molar-refractivity contribution in [3.8, 4) is 0 Å². The molecule has 1 amide bonds. The summed E-state index contributed by atoms with van der Waals surface area (Å²) in [6.07, 6.45) is 1.65. The molecule has 0 aliphatic carbocycles. The van der Waals surface area contributed by atoms with E-state index < -0.39 is 0 Å². The number of amides is 1. The molecule has 11 heavy (non-hydrogen) atoms. The van der Waals surface area contributed by atoms with Gasteiger partial charge in [0.05, 0.1) is 0 Å². The maximum absolute atomic E-state index is 10.7. The Labute approximate surface area is 72.9 Å². The molecule has 0 aliphatic heterocycles. The number of hydrogen-bond acceptors (Lipinski definition) is 2. The summed E-state index contributed by atoms with van der Waals surface area (Å²) in [5.74, 6) is -0.193. The Morgan fingerprint density at radius 1 is 1.64 bits per heavy atom. The van der Waals surface area contributed by atoms with Gasteiger partial charge in [0.15, 0.2) is 0 Å². The van der Waals surface area contributed by atoms with E-state index in [1.54, 1.807) is 13.0 Å². The third-order valence-corrected chi connectivity index (χ3v) is 0.836. The minimum Gasteiger partial charge on any atom is -0.287 e. The van der Waals surface area contributed by atoms with Crippen molar-refractivity contribution in [3.05, 3.63) is 24.8 Å². The number of rotatable bonds is 4. The summed E-state index contributed by atoms with van der Waals surface area (Å²) in [6.45, 7) is 9.12. The molecule has 0 aromatic rings. The van der Waals surface area contributed by atoms with Crippen LogP contribution >= 0.6 is 12.4 Å². The maximum atomic E-state index is 10.7. The van der Waals surface area contributed by atoms with E-state index >= 15 is 0 Å². The molecule has 0 saturated carbocycles. The van der Waals surface area contributed by atoms with Gasteiger partial charge >= 0.3 is 0 Å². The molecular formula is C7H13ClN2O. The molecule has 0 atom stereocenters. The van der Waals surface area contributed by atoms with E-state index in [1.165, 1.54) is 0 Å². The lowest BCUT2D eigenvalue weighted by molar-refractivity contribution is -0.118. The SMILES string of the molecule is C=CCNNC(=O)C(=C)C.Cl. The van der Waals surface area contributed by atoms with Gasteiger partial charge in [-0.15, -0.1) is 19.0 Å². The van der Waals surface area contributed by atoms with Gasteiger partial charge in [0.1, 0.15) is 0 Å². The average molecular weight is 177 g/mol. The Bertz CT molecular complexity index is 157. The number of carbonyl (C=O) groups is 1. The van der Waals surface area contributed by atoms with E-state index in [2.05, 4.69) is 24.0 Å². The third-order valence-electron chi connectivity index (χ3n) is 0.836. The van der Waals surface area contributed by atoms with Gasteiger partial charge in [0.25, 0.3) is 5.91 Å². The van der Waals surface area contributed by atoms with E-state index in [1.807, 2.05) is 0 Å². The van der Waals surface area contributed by atoms with Gasteiger partial charge in [0, 0.05) is 12.1 Å². The van der Waals surface area contributed by atoms with Crippen LogP contribution in [0.15, 0.2) is 24.8 Å². The van der Waals surface area contributed by atoms with Gasteiger partial charge in [-0.3, -0.25) is 10.2 Å². The smallest absolute Gasteiger partial charge is 0.260 e. The van der Waals surface area contributed by atoms with E-state index in [0.717, 1.165) is 0 Å². The van der Waals surface area contributed by atoms with E-state index in [-0.39, 0.29) is 18.3 Å². The normalized spacial score (nSPS) is 7.73. The van der Waals surface area contributed by atoms with Gasteiger partial charge in [-0.1, -0.05) is 12.7 Å². The topological polar surface area (TPSA) is 41.1 Å². The van der Waals surface area contributed by atoms with Crippen LogP contribution in [0.25, 0.3) is 0 Å². The van der Waals surface area contributed by atoms with E-state index in [4.69, 9.17) is 0 Å². The van der Waals surface area contributed by atoms with Crippen molar-refractivity contribution < 1.29 is 4.79 Å². The Balaban J connectivity index is 0. The molecule has 4 heteroatoms. The molecule has 0 fully saturated rings. The van der Waals surface area contributed by atoms with Crippen LogP contribution in [-0.2, 0) is 4.79 Å². The standard InChI is InChI=1S/C7H12N2O.ClH/c1-4-5-8-9-7(10)6(2)3;/h4,8H,1-2,5H2,3H3,(H,9,10);1H. The lowest BCUT2D eigenvalue weighted by Crippen LogP contribution is -2.37. The molecule has 2 N–H and O–H groups in total. The molecule has 3 nitrogen and oxygen atoms in total. The van der Waals surface area contributed by atoms with Crippen molar-refractivity contribution in [1.29, 1.82) is 0 Å². The van der Waals surface area contributed by atoms with Crippen molar-refractivity contribution in [2.24, 2.45) is 0 Å². The van der Waals surface area contributed by atoms with Gasteiger partial charge in [0.2, 0.25) is 0 Å². The van der Waals surface area contributed by atoms with Gasteiger partial charge in [-0.2, -0.15) is 0 Å². The zero-order valence-corrected chi connectivity index (χ0v) is 7.33. The molecule has 0 aromatic heterocycles. The molecular weight excluding hydrogens is 164 g/mol. The quantitative estimate of drug-likeness (QED) is 0.288. The average Bonchev–Trinajstić information content (AvgIpc) is 1.88. The second-order valence-electron chi connectivity index (χ2n) is 1.90. The number of carbonyl (C=O) groups excluding carboxylic acids is 1. The largest absolute Gasteiger partial charge is 0.287 e. The minimum absolute atomic E-state index is 0. The van der Waals surface area contributed by atoms with Crippen molar-refractivity contribution >= 4 is 18.3 Å². The first-order valence-corrected chi connectivity index (χ1v) is 2.98. The second kappa shape index (κ2) is 7.31. The van der Waals surface area contributed by atoms with Gasteiger partial charge in [-0.25, -0.2) is 5.43 Å². The van der Waals surface area contributed by atoms with Crippen LogP contribution < -0.4 is 10.9 Å². The summed E-state index contributed by atoms with van der Waals surface area (Å²) in [6, 6.07) is 0. The van der Waals surface area contributed by atoms with Crippen LogP contribution in [0, 0.1) is 0 Å². The lowest BCUT2D eigenvalue weighted by Gasteiger charge is -2.02. The highest BCUT2D eigenvalue weighted by Crippen LogP contribution is 1.82. The van der Waals surface area contributed by atoms with E-state index in [0.29, 0.717) is 12.1 Å². The fourth-order valence-corrected chi connectivity index (χ4v) is 0.310. The van der Waals surface area contributed by atoms with E-state index in [9.17, 15) is 4.79 Å². The van der Waals surface area contributed by atoms with Crippen LogP contribution in [0.4, 0.5) is 0 Å². The first-order chi connectivity index (χ1) is 4.68. The van der Waals surface area contributed by atoms with Crippen molar-refractivity contribution in [1.82, 2.24) is 10.9 Å². The molecule has 0 bridgehead atoms. The summed E-state index contributed by atoms with van der Waals surface area (Å²) in [5, 5.41) is 0. The molecule has 0 heterocycles. The van der Waals surface area contributed by atoms with Gasteiger partial charge in [-0.05, 0) is 6.92 Å². The van der Waals surface area contributed by atoms with Crippen molar-refractivity contribution in [2.45, 2.75) is 6.92 Å². The summed E-state index contributed by atoms with van der Waals surface area (Å²) in [4.78, 5) is 10.7. The fourth-order valence-electron chi connectivity index (χ4n) is 0.310. The molecule has 0 rings (SSSR count). The predicted octanol–water partition coefficient (Wildman–Crippen LogP) is 0.791. The van der Waals surface area contributed by atoms with Crippen molar-refractivity contribution in [2.75, 3.05) is 6.54 Å². The first-order valence-electron chi connectivity index (χ1n) is 2.98. The summed E-state index contributed by atoms with van der Waals surface area (Å²) in [5.41, 5.74) is 5.54. The van der Waals surface area contributed by atoms with Crippen LogP contribution in [0.2, 0.25) is 0 Å². The highest BCUT2D eigenvalue weighted by atomic mass is 35.5. The van der Waals surface area contributed by atoms with Crippen molar-refractivity contribution in [3.63, 3.8) is 0 Å². The maximum Gasteiger partial charge on any atom is 0.260 e. The molecule has 0 aliphatic rings. The second-order valence-corrected chi connectivity index (χ2v) is 1.90. The van der Waals surface area contributed by atoms with Crippen LogP contribution in [0.5, 0.6) is 0 Å². The third kappa shape index (κ3) is 7.09. The number of hydrazine groups is 1.